The van der Waals surface area contributed by atoms with E-state index in [2.05, 4.69) is 26.1 Å². The minimum atomic E-state index is 0.00991. The van der Waals surface area contributed by atoms with E-state index in [1.807, 2.05) is 44.4 Å². The molecule has 1 unspecified atom stereocenters. The first-order valence-corrected chi connectivity index (χ1v) is 6.30. The summed E-state index contributed by atoms with van der Waals surface area (Å²) in [5.41, 5.74) is 1.13. The maximum atomic E-state index is 11.4. The Bertz CT molecular complexity index is 327. The van der Waals surface area contributed by atoms with Gasteiger partial charge in [0.05, 0.1) is 11.4 Å². The van der Waals surface area contributed by atoms with Crippen LogP contribution in [0.2, 0.25) is 0 Å². The van der Waals surface area contributed by atoms with Gasteiger partial charge in [-0.1, -0.05) is 46.3 Å². The normalized spacial score (nSPS) is 12.5. The van der Waals surface area contributed by atoms with Crippen molar-refractivity contribution in [2.45, 2.75) is 6.04 Å². The van der Waals surface area contributed by atoms with Gasteiger partial charge in [0.1, 0.15) is 0 Å². The quantitative estimate of drug-likeness (QED) is 0.837. The molecule has 1 N–H and O–H groups in total. The number of rotatable bonds is 5. The second kappa shape index (κ2) is 6.66. The number of carbonyl (C=O) groups excluding carboxylic acids is 1. The summed E-state index contributed by atoms with van der Waals surface area (Å²) in [7, 11) is 3.99. The number of alkyl halides is 1. The van der Waals surface area contributed by atoms with Crippen LogP contribution in [0, 0.1) is 0 Å². The number of benzene rings is 1. The van der Waals surface area contributed by atoms with Crippen LogP contribution in [0.1, 0.15) is 11.6 Å². The molecule has 88 valence electrons. The average molecular weight is 285 g/mol. The van der Waals surface area contributed by atoms with Crippen molar-refractivity contribution in [1.82, 2.24) is 10.2 Å². The van der Waals surface area contributed by atoms with E-state index in [-0.39, 0.29) is 11.9 Å². The summed E-state index contributed by atoms with van der Waals surface area (Å²) >= 11 is 3.16. The molecule has 4 heteroatoms. The summed E-state index contributed by atoms with van der Waals surface area (Å²) in [6.45, 7) is 0.794. The van der Waals surface area contributed by atoms with Crippen LogP contribution in [0.15, 0.2) is 30.3 Å². The Kier molecular flexibility index (Phi) is 5.49. The predicted molar refractivity (Wildman–Crippen MR) is 69.7 cm³/mol. The molecule has 0 bridgehead atoms. The molecule has 1 aromatic carbocycles. The lowest BCUT2D eigenvalue weighted by molar-refractivity contribution is -0.119. The zero-order valence-corrected chi connectivity index (χ0v) is 11.2. The van der Waals surface area contributed by atoms with E-state index in [0.717, 1.165) is 12.1 Å². The van der Waals surface area contributed by atoms with Crippen molar-refractivity contribution in [3.05, 3.63) is 35.9 Å². The van der Waals surface area contributed by atoms with Crippen molar-refractivity contribution < 1.29 is 4.79 Å². The first kappa shape index (κ1) is 13.2. The third-order valence-corrected chi connectivity index (χ3v) is 2.72. The highest BCUT2D eigenvalue weighted by Gasteiger charge is 2.14. The van der Waals surface area contributed by atoms with Crippen LogP contribution in [0.4, 0.5) is 0 Å². The molecule has 0 fully saturated rings. The third kappa shape index (κ3) is 4.33. The minimum absolute atomic E-state index is 0.00991. The van der Waals surface area contributed by atoms with Crippen LogP contribution in [0.3, 0.4) is 0 Å². The fourth-order valence-corrected chi connectivity index (χ4v) is 1.68. The number of likely N-dealkylation sites (N-methyl/N-ethyl adjacent to an activating group) is 1. The number of amides is 1. The highest BCUT2D eigenvalue weighted by atomic mass is 79.9. The van der Waals surface area contributed by atoms with Crippen LogP contribution in [0.5, 0.6) is 0 Å². The Labute approximate surface area is 105 Å². The first-order valence-electron chi connectivity index (χ1n) is 5.18. The average Bonchev–Trinajstić information content (AvgIpc) is 2.28. The number of nitrogens with zero attached hydrogens (tertiary/aromatic N) is 1. The van der Waals surface area contributed by atoms with Gasteiger partial charge in [-0.25, -0.2) is 0 Å². The third-order valence-electron chi connectivity index (χ3n) is 2.21. The smallest absolute Gasteiger partial charge is 0.231 e. The van der Waals surface area contributed by atoms with Crippen molar-refractivity contribution in [2.75, 3.05) is 26.0 Å². The van der Waals surface area contributed by atoms with Gasteiger partial charge >= 0.3 is 0 Å². The number of carbonyl (C=O) groups is 1. The van der Waals surface area contributed by atoms with Crippen molar-refractivity contribution >= 4 is 21.8 Å². The van der Waals surface area contributed by atoms with E-state index in [1.54, 1.807) is 0 Å². The summed E-state index contributed by atoms with van der Waals surface area (Å²) in [5.74, 6) is 0.00991. The van der Waals surface area contributed by atoms with Crippen LogP contribution < -0.4 is 5.32 Å². The molecule has 0 aliphatic rings. The lowest BCUT2D eigenvalue weighted by Gasteiger charge is -2.22. The summed E-state index contributed by atoms with van der Waals surface area (Å²) in [6, 6.07) is 10.0. The number of hydrogen-bond donors (Lipinski definition) is 1. The van der Waals surface area contributed by atoms with Gasteiger partial charge in [-0.3, -0.25) is 4.79 Å². The molecule has 0 heterocycles. The Morgan fingerprint density at radius 2 is 2.00 bits per heavy atom. The number of nitrogens with one attached hydrogen (secondary N) is 1. The summed E-state index contributed by atoms with van der Waals surface area (Å²) in [6.07, 6.45) is 0. The molecule has 1 rings (SSSR count). The second-order valence-corrected chi connectivity index (χ2v) is 4.49. The molecule has 0 saturated carbocycles. The summed E-state index contributed by atoms with van der Waals surface area (Å²) < 4.78 is 0. The van der Waals surface area contributed by atoms with E-state index in [1.165, 1.54) is 0 Å². The van der Waals surface area contributed by atoms with E-state index < -0.39 is 0 Å². The Morgan fingerprint density at radius 3 is 2.50 bits per heavy atom. The zero-order chi connectivity index (χ0) is 12.0. The monoisotopic (exact) mass is 284 g/mol. The highest BCUT2D eigenvalue weighted by molar-refractivity contribution is 9.09. The topological polar surface area (TPSA) is 32.3 Å². The molecule has 0 spiro atoms. The lowest BCUT2D eigenvalue weighted by atomic mass is 10.1. The molecule has 0 aliphatic carbocycles. The molecule has 16 heavy (non-hydrogen) atoms. The molecule has 0 saturated heterocycles. The Morgan fingerprint density at radius 1 is 1.38 bits per heavy atom. The minimum Gasteiger partial charge on any atom is -0.347 e. The predicted octanol–water partition coefficient (Wildman–Crippen LogP) is 1.80. The summed E-state index contributed by atoms with van der Waals surface area (Å²) in [5, 5.41) is 3.32. The molecule has 1 atom stereocenters. The molecular formula is C12H17BrN2O. The van der Waals surface area contributed by atoms with E-state index >= 15 is 0 Å². The van der Waals surface area contributed by atoms with Gasteiger partial charge < -0.3 is 10.2 Å². The summed E-state index contributed by atoms with van der Waals surface area (Å²) in [4.78, 5) is 13.5. The fraction of sp³-hybridized carbons (Fsp3) is 0.417. The molecule has 3 nitrogen and oxygen atoms in total. The van der Waals surface area contributed by atoms with E-state index in [9.17, 15) is 4.79 Å². The van der Waals surface area contributed by atoms with Crippen LogP contribution in [-0.2, 0) is 4.79 Å². The van der Waals surface area contributed by atoms with Gasteiger partial charge in [0.15, 0.2) is 0 Å². The van der Waals surface area contributed by atoms with Crippen molar-refractivity contribution in [1.29, 1.82) is 0 Å². The lowest BCUT2D eigenvalue weighted by Crippen LogP contribution is -2.35. The van der Waals surface area contributed by atoms with Crippen molar-refractivity contribution in [3.63, 3.8) is 0 Å². The van der Waals surface area contributed by atoms with Gasteiger partial charge in [-0.15, -0.1) is 0 Å². The van der Waals surface area contributed by atoms with E-state index in [0.29, 0.717) is 5.33 Å². The first-order chi connectivity index (χ1) is 7.63. The molecule has 1 aromatic rings. The van der Waals surface area contributed by atoms with Gasteiger partial charge in [0.2, 0.25) is 5.91 Å². The molecule has 0 aliphatic heterocycles. The maximum absolute atomic E-state index is 11.4. The van der Waals surface area contributed by atoms with Crippen LogP contribution in [0.25, 0.3) is 0 Å². The fourth-order valence-electron chi connectivity index (χ4n) is 1.52. The SMILES string of the molecule is CN(C)CC(NC(=O)CBr)c1ccccc1. The number of hydrogen-bond acceptors (Lipinski definition) is 2. The molecular weight excluding hydrogens is 268 g/mol. The maximum Gasteiger partial charge on any atom is 0.231 e. The van der Waals surface area contributed by atoms with Gasteiger partial charge in [0.25, 0.3) is 0 Å². The highest BCUT2D eigenvalue weighted by Crippen LogP contribution is 2.13. The second-order valence-electron chi connectivity index (χ2n) is 3.93. The van der Waals surface area contributed by atoms with Crippen LogP contribution in [-0.4, -0.2) is 36.8 Å². The van der Waals surface area contributed by atoms with Crippen LogP contribution >= 0.6 is 15.9 Å². The standard InChI is InChI=1S/C12H17BrN2O/c1-15(2)9-11(14-12(16)8-13)10-6-4-3-5-7-10/h3-7,11H,8-9H2,1-2H3,(H,14,16). The zero-order valence-electron chi connectivity index (χ0n) is 9.61. The molecule has 0 radical (unpaired) electrons. The van der Waals surface area contributed by atoms with Crippen molar-refractivity contribution in [2.24, 2.45) is 0 Å². The molecule has 1 amide bonds. The van der Waals surface area contributed by atoms with Gasteiger partial charge in [-0.05, 0) is 19.7 Å². The number of halogens is 1. The van der Waals surface area contributed by atoms with Crippen molar-refractivity contribution in [3.8, 4) is 0 Å². The van der Waals surface area contributed by atoms with Gasteiger partial charge in [-0.2, -0.15) is 0 Å². The van der Waals surface area contributed by atoms with Gasteiger partial charge in [0, 0.05) is 6.54 Å². The van der Waals surface area contributed by atoms with E-state index in [4.69, 9.17) is 0 Å². The Hall–Kier alpha value is -0.870. The molecule has 0 aromatic heterocycles. The Balaban J connectivity index is 2.75. The largest absolute Gasteiger partial charge is 0.347 e.